The highest BCUT2D eigenvalue weighted by Crippen LogP contribution is 2.31. The first-order valence-corrected chi connectivity index (χ1v) is 12.4. The van der Waals surface area contributed by atoms with E-state index in [-0.39, 0.29) is 23.7 Å². The molecule has 5 rings (SSSR count). The van der Waals surface area contributed by atoms with E-state index in [0.29, 0.717) is 59.3 Å². The molecule has 0 aliphatic heterocycles. The van der Waals surface area contributed by atoms with Gasteiger partial charge >= 0.3 is 5.97 Å². The zero-order chi connectivity index (χ0) is 24.5. The number of carboxylic acid groups (broad SMARTS) is 1. The standard InChI is InChI=1S/C27H27ClFN3O3/c28-23-12-11-21(26(33)31-19-8-6-18(7-9-19)27(34)35)25-22(23)14-30-32(25)15-16-5-10-20(24(29)13-16)17-3-1-2-4-17/h3,5,10-14,18-19H,1-2,4,6-9,15H2,(H,31,33)(H,34,35). The highest BCUT2D eigenvalue weighted by molar-refractivity contribution is 6.36. The van der Waals surface area contributed by atoms with Crippen molar-refractivity contribution in [3.63, 3.8) is 0 Å². The van der Waals surface area contributed by atoms with E-state index in [4.69, 9.17) is 11.6 Å². The molecule has 1 heterocycles. The van der Waals surface area contributed by atoms with Crippen LogP contribution in [-0.4, -0.2) is 32.8 Å². The van der Waals surface area contributed by atoms with Crippen molar-refractivity contribution in [3.8, 4) is 0 Å². The Kier molecular flexibility index (Phi) is 6.60. The Morgan fingerprint density at radius 2 is 1.97 bits per heavy atom. The number of hydrogen-bond acceptors (Lipinski definition) is 3. The summed E-state index contributed by atoms with van der Waals surface area (Å²) in [7, 11) is 0. The third kappa shape index (κ3) is 4.82. The Morgan fingerprint density at radius 1 is 1.17 bits per heavy atom. The van der Waals surface area contributed by atoms with E-state index in [1.165, 1.54) is 6.07 Å². The number of aromatic nitrogens is 2. The number of nitrogens with one attached hydrogen (secondary N) is 1. The normalized spacial score (nSPS) is 20.1. The number of benzene rings is 2. The van der Waals surface area contributed by atoms with Crippen LogP contribution in [0.4, 0.5) is 4.39 Å². The lowest BCUT2D eigenvalue weighted by molar-refractivity contribution is -0.142. The summed E-state index contributed by atoms with van der Waals surface area (Å²) < 4.78 is 16.5. The van der Waals surface area contributed by atoms with Gasteiger partial charge in [0.25, 0.3) is 5.91 Å². The Balaban J connectivity index is 1.39. The lowest BCUT2D eigenvalue weighted by Crippen LogP contribution is -2.38. The van der Waals surface area contributed by atoms with E-state index < -0.39 is 5.97 Å². The molecule has 0 saturated heterocycles. The maximum Gasteiger partial charge on any atom is 0.306 e. The first kappa shape index (κ1) is 23.5. The Labute approximate surface area is 207 Å². The molecule has 1 aromatic heterocycles. The van der Waals surface area contributed by atoms with E-state index in [0.717, 1.165) is 30.4 Å². The molecule has 3 aromatic rings. The van der Waals surface area contributed by atoms with Gasteiger partial charge in [-0.25, -0.2) is 4.39 Å². The van der Waals surface area contributed by atoms with Crippen LogP contribution in [0.3, 0.4) is 0 Å². The van der Waals surface area contributed by atoms with Crippen molar-refractivity contribution < 1.29 is 19.1 Å². The molecule has 2 aliphatic rings. The molecule has 0 bridgehead atoms. The zero-order valence-electron chi connectivity index (χ0n) is 19.3. The molecule has 0 unspecified atom stereocenters. The maximum absolute atomic E-state index is 14.9. The SMILES string of the molecule is O=C(NC1CCC(C(=O)O)CC1)c1ccc(Cl)c2cnn(Cc3ccc(C4=CCCC4)c(F)c3)c12. The quantitative estimate of drug-likeness (QED) is 0.451. The second-order valence-electron chi connectivity index (χ2n) is 9.46. The number of fused-ring (bicyclic) bond motifs is 1. The van der Waals surface area contributed by atoms with E-state index in [1.807, 2.05) is 12.1 Å². The van der Waals surface area contributed by atoms with Crippen LogP contribution < -0.4 is 5.32 Å². The molecule has 1 fully saturated rings. The predicted molar refractivity (Wildman–Crippen MR) is 133 cm³/mol. The third-order valence-corrected chi connectivity index (χ3v) is 7.49. The van der Waals surface area contributed by atoms with Gasteiger partial charge in [0.2, 0.25) is 0 Å². The first-order valence-electron chi connectivity index (χ1n) is 12.1. The molecule has 2 aromatic carbocycles. The van der Waals surface area contributed by atoms with Crippen LogP contribution in [0.5, 0.6) is 0 Å². The van der Waals surface area contributed by atoms with Gasteiger partial charge in [-0.2, -0.15) is 5.10 Å². The van der Waals surface area contributed by atoms with Crippen LogP contribution in [-0.2, 0) is 11.3 Å². The van der Waals surface area contributed by atoms with Gasteiger partial charge in [0.15, 0.2) is 0 Å². The fourth-order valence-electron chi connectivity index (χ4n) is 5.23. The number of amides is 1. The summed E-state index contributed by atoms with van der Waals surface area (Å²) in [4.78, 5) is 24.4. The Hall–Kier alpha value is -3.19. The topological polar surface area (TPSA) is 84.2 Å². The van der Waals surface area contributed by atoms with Crippen molar-refractivity contribution in [2.45, 2.75) is 57.5 Å². The summed E-state index contributed by atoms with van der Waals surface area (Å²) in [6, 6.07) is 8.53. The molecule has 182 valence electrons. The predicted octanol–water partition coefficient (Wildman–Crippen LogP) is 5.82. The van der Waals surface area contributed by atoms with Gasteiger partial charge in [-0.15, -0.1) is 0 Å². The number of rotatable bonds is 6. The number of allylic oxidation sites excluding steroid dienone is 2. The Morgan fingerprint density at radius 3 is 2.66 bits per heavy atom. The highest BCUT2D eigenvalue weighted by Gasteiger charge is 2.28. The van der Waals surface area contributed by atoms with E-state index in [2.05, 4.69) is 16.5 Å². The number of hydrogen-bond donors (Lipinski definition) is 2. The molecule has 8 heteroatoms. The molecule has 1 saturated carbocycles. The molecule has 1 amide bonds. The number of aliphatic carboxylic acids is 1. The number of carbonyl (C=O) groups excluding carboxylic acids is 1. The molecule has 2 N–H and O–H groups in total. The van der Waals surface area contributed by atoms with Crippen LogP contribution in [0.1, 0.15) is 66.4 Å². The van der Waals surface area contributed by atoms with Gasteiger partial charge in [-0.1, -0.05) is 29.8 Å². The molecule has 6 nitrogen and oxygen atoms in total. The van der Waals surface area contributed by atoms with Crippen molar-refractivity contribution in [1.29, 1.82) is 0 Å². The smallest absolute Gasteiger partial charge is 0.306 e. The van der Waals surface area contributed by atoms with E-state index >= 15 is 0 Å². The third-order valence-electron chi connectivity index (χ3n) is 7.16. The highest BCUT2D eigenvalue weighted by atomic mass is 35.5. The van der Waals surface area contributed by atoms with Crippen molar-refractivity contribution in [2.75, 3.05) is 0 Å². The molecule has 0 atom stereocenters. The van der Waals surface area contributed by atoms with Crippen LogP contribution in [0, 0.1) is 11.7 Å². The second-order valence-corrected chi connectivity index (χ2v) is 9.86. The zero-order valence-corrected chi connectivity index (χ0v) is 20.0. The van der Waals surface area contributed by atoms with Gasteiger partial charge in [0.1, 0.15) is 5.82 Å². The molecule has 2 aliphatic carbocycles. The van der Waals surface area contributed by atoms with E-state index in [1.54, 1.807) is 23.0 Å². The second kappa shape index (κ2) is 9.82. The van der Waals surface area contributed by atoms with Gasteiger partial charge in [0, 0.05) is 17.0 Å². The minimum Gasteiger partial charge on any atom is -0.481 e. The first-order chi connectivity index (χ1) is 16.9. The lowest BCUT2D eigenvalue weighted by Gasteiger charge is -2.27. The maximum atomic E-state index is 14.9. The molecule has 35 heavy (non-hydrogen) atoms. The fraction of sp³-hybridized carbons (Fsp3) is 0.370. The minimum absolute atomic E-state index is 0.0771. The van der Waals surface area contributed by atoms with Gasteiger partial charge in [0.05, 0.1) is 34.8 Å². The average Bonchev–Trinajstić information content (AvgIpc) is 3.51. The summed E-state index contributed by atoms with van der Waals surface area (Å²) in [6.07, 6.45) is 9.02. The summed E-state index contributed by atoms with van der Waals surface area (Å²) >= 11 is 6.40. The molecule has 0 radical (unpaired) electrons. The molecular weight excluding hydrogens is 469 g/mol. The summed E-state index contributed by atoms with van der Waals surface area (Å²) in [5.74, 6) is -1.62. The fourth-order valence-corrected chi connectivity index (χ4v) is 5.43. The minimum atomic E-state index is -0.775. The van der Waals surface area contributed by atoms with Gasteiger partial charge < -0.3 is 10.4 Å². The van der Waals surface area contributed by atoms with Gasteiger partial charge in [-0.05, 0) is 74.3 Å². The Bertz CT molecular complexity index is 1320. The molecular formula is C27H27ClFN3O3. The van der Waals surface area contributed by atoms with Crippen LogP contribution in [0.25, 0.3) is 16.5 Å². The number of nitrogens with zero attached hydrogens (tertiary/aromatic N) is 2. The molecule has 0 spiro atoms. The monoisotopic (exact) mass is 495 g/mol. The van der Waals surface area contributed by atoms with Crippen LogP contribution in [0.15, 0.2) is 42.6 Å². The summed E-state index contributed by atoms with van der Waals surface area (Å²) in [6.45, 7) is 0.296. The van der Waals surface area contributed by atoms with Crippen molar-refractivity contribution in [2.24, 2.45) is 5.92 Å². The lowest BCUT2D eigenvalue weighted by atomic mass is 9.86. The average molecular weight is 496 g/mol. The van der Waals surface area contributed by atoms with E-state index in [9.17, 15) is 19.1 Å². The largest absolute Gasteiger partial charge is 0.481 e. The van der Waals surface area contributed by atoms with Crippen molar-refractivity contribution in [3.05, 3.63) is 70.1 Å². The van der Waals surface area contributed by atoms with Crippen LogP contribution >= 0.6 is 11.6 Å². The number of carboxylic acids is 1. The van der Waals surface area contributed by atoms with Gasteiger partial charge in [-0.3, -0.25) is 14.3 Å². The van der Waals surface area contributed by atoms with Crippen molar-refractivity contribution in [1.82, 2.24) is 15.1 Å². The number of halogens is 2. The summed E-state index contributed by atoms with van der Waals surface area (Å²) in [5, 5.41) is 17.9. The van der Waals surface area contributed by atoms with Crippen molar-refractivity contribution >= 4 is 40.0 Å². The van der Waals surface area contributed by atoms with Crippen LogP contribution in [0.2, 0.25) is 5.02 Å². The summed E-state index contributed by atoms with van der Waals surface area (Å²) in [5.41, 5.74) is 3.49. The number of carbonyl (C=O) groups is 2.